The van der Waals surface area contributed by atoms with Gasteiger partial charge in [0.25, 0.3) is 11.7 Å². The number of rotatable bonds is 10. The predicted octanol–water partition coefficient (Wildman–Crippen LogP) is 4.21. The minimum atomic E-state index is -0.856. The summed E-state index contributed by atoms with van der Waals surface area (Å²) in [6, 6.07) is 8.97. The molecular formula is C25H28ClNO7. The number of methoxy groups -OCH3 is 2. The van der Waals surface area contributed by atoms with E-state index in [4.69, 9.17) is 30.5 Å². The van der Waals surface area contributed by atoms with E-state index in [2.05, 4.69) is 0 Å². The summed E-state index contributed by atoms with van der Waals surface area (Å²) in [4.78, 5) is 27.5. The van der Waals surface area contributed by atoms with E-state index < -0.39 is 17.7 Å². The molecule has 1 aliphatic rings. The molecule has 0 radical (unpaired) electrons. The number of amides is 1. The Kier molecular flexibility index (Phi) is 8.41. The number of hydrogen-bond acceptors (Lipinski definition) is 7. The monoisotopic (exact) mass is 489 g/mol. The number of hydrogen-bond donors (Lipinski definition) is 1. The van der Waals surface area contributed by atoms with Crippen LogP contribution in [0.4, 0.5) is 0 Å². The van der Waals surface area contributed by atoms with Crippen molar-refractivity contribution in [1.29, 1.82) is 0 Å². The van der Waals surface area contributed by atoms with Crippen molar-refractivity contribution in [3.05, 3.63) is 58.1 Å². The summed E-state index contributed by atoms with van der Waals surface area (Å²) in [5.41, 5.74) is 0.841. The Morgan fingerprint density at radius 1 is 1.00 bits per heavy atom. The fraction of sp³-hybridized carbons (Fsp3) is 0.360. The van der Waals surface area contributed by atoms with Gasteiger partial charge in [0.15, 0.2) is 11.5 Å². The van der Waals surface area contributed by atoms with E-state index in [1.165, 1.54) is 19.1 Å². The Hall–Kier alpha value is -3.23. The number of carbonyl (C=O) groups is 2. The number of ketones is 1. The van der Waals surface area contributed by atoms with E-state index in [-0.39, 0.29) is 24.5 Å². The summed E-state index contributed by atoms with van der Waals surface area (Å²) in [5, 5.41) is 11.6. The van der Waals surface area contributed by atoms with Crippen LogP contribution in [0.15, 0.2) is 42.0 Å². The van der Waals surface area contributed by atoms with Gasteiger partial charge in [0, 0.05) is 19.2 Å². The first-order valence-electron chi connectivity index (χ1n) is 10.9. The number of aliphatic hydroxyl groups excluding tert-OH is 1. The van der Waals surface area contributed by atoms with Crippen LogP contribution in [0, 0.1) is 0 Å². The highest BCUT2D eigenvalue weighted by molar-refractivity contribution is 6.46. The molecule has 0 spiro atoms. The van der Waals surface area contributed by atoms with Crippen LogP contribution in [-0.2, 0) is 14.3 Å². The van der Waals surface area contributed by atoms with Gasteiger partial charge in [0.2, 0.25) is 0 Å². The highest BCUT2D eigenvalue weighted by atomic mass is 35.5. The second kappa shape index (κ2) is 11.3. The average molecular weight is 490 g/mol. The highest BCUT2D eigenvalue weighted by Gasteiger charge is 2.46. The van der Waals surface area contributed by atoms with Crippen LogP contribution in [0.25, 0.3) is 5.76 Å². The fourth-order valence-electron chi connectivity index (χ4n) is 3.85. The largest absolute Gasteiger partial charge is 0.507 e. The van der Waals surface area contributed by atoms with E-state index in [0.29, 0.717) is 46.6 Å². The van der Waals surface area contributed by atoms with Crippen LogP contribution >= 0.6 is 11.6 Å². The molecule has 0 bridgehead atoms. The first-order valence-corrected chi connectivity index (χ1v) is 11.3. The van der Waals surface area contributed by atoms with Gasteiger partial charge in [0.05, 0.1) is 43.6 Å². The molecule has 0 aromatic heterocycles. The van der Waals surface area contributed by atoms with Gasteiger partial charge in [0.1, 0.15) is 11.5 Å². The van der Waals surface area contributed by atoms with Crippen molar-refractivity contribution in [2.24, 2.45) is 0 Å². The number of likely N-dealkylation sites (tertiary alicyclic amines) is 1. The van der Waals surface area contributed by atoms with Crippen molar-refractivity contribution in [2.45, 2.75) is 19.9 Å². The zero-order chi connectivity index (χ0) is 24.8. The van der Waals surface area contributed by atoms with Crippen LogP contribution in [0.1, 0.15) is 31.0 Å². The third kappa shape index (κ3) is 4.98. The molecule has 3 rings (SSSR count). The van der Waals surface area contributed by atoms with Crippen LogP contribution in [0.2, 0.25) is 5.02 Å². The molecule has 0 aliphatic carbocycles. The summed E-state index contributed by atoms with van der Waals surface area (Å²) in [6.07, 6.45) is 0. The van der Waals surface area contributed by atoms with Gasteiger partial charge in [-0.15, -0.1) is 0 Å². The highest BCUT2D eigenvalue weighted by Crippen LogP contribution is 2.42. The van der Waals surface area contributed by atoms with Gasteiger partial charge >= 0.3 is 0 Å². The number of aliphatic hydroxyl groups is 1. The van der Waals surface area contributed by atoms with Crippen molar-refractivity contribution in [1.82, 2.24) is 4.90 Å². The number of ether oxygens (including phenoxy) is 4. The maximum Gasteiger partial charge on any atom is 0.295 e. The van der Waals surface area contributed by atoms with E-state index in [1.807, 2.05) is 13.8 Å². The van der Waals surface area contributed by atoms with E-state index in [9.17, 15) is 14.7 Å². The molecule has 8 nitrogen and oxygen atoms in total. The lowest BCUT2D eigenvalue weighted by atomic mass is 9.95. The van der Waals surface area contributed by atoms with E-state index >= 15 is 0 Å². The van der Waals surface area contributed by atoms with Crippen LogP contribution < -0.4 is 14.2 Å². The average Bonchev–Trinajstić information content (AvgIpc) is 3.09. The number of Topliss-reactive ketones (excluding diaryl/α,β-unsaturated/α-hetero) is 1. The van der Waals surface area contributed by atoms with Gasteiger partial charge in [-0.2, -0.15) is 0 Å². The Bertz CT molecular complexity index is 1100. The van der Waals surface area contributed by atoms with Crippen molar-refractivity contribution in [2.75, 3.05) is 40.6 Å². The molecule has 1 aliphatic heterocycles. The van der Waals surface area contributed by atoms with E-state index in [0.717, 1.165) is 0 Å². The molecule has 2 aromatic rings. The number of carbonyl (C=O) groups excluding carboxylic acids is 2. The van der Waals surface area contributed by atoms with Gasteiger partial charge in [-0.25, -0.2) is 0 Å². The molecule has 1 N–H and O–H groups in total. The predicted molar refractivity (Wildman–Crippen MR) is 128 cm³/mol. The second-order valence-electron chi connectivity index (χ2n) is 7.41. The molecule has 1 fully saturated rings. The molecule has 1 atom stereocenters. The summed E-state index contributed by atoms with van der Waals surface area (Å²) >= 11 is 6.18. The minimum absolute atomic E-state index is 0.0444. The van der Waals surface area contributed by atoms with Gasteiger partial charge in [-0.05, 0) is 49.7 Å². The Balaban J connectivity index is 2.18. The van der Waals surface area contributed by atoms with Crippen molar-refractivity contribution < 1.29 is 33.6 Å². The molecule has 0 saturated carbocycles. The van der Waals surface area contributed by atoms with Gasteiger partial charge in [-0.1, -0.05) is 17.7 Å². The normalized spacial score (nSPS) is 17.2. The Morgan fingerprint density at radius 2 is 1.71 bits per heavy atom. The third-order valence-corrected chi connectivity index (χ3v) is 5.70. The fourth-order valence-corrected chi connectivity index (χ4v) is 4.02. The van der Waals surface area contributed by atoms with E-state index in [1.54, 1.807) is 36.4 Å². The maximum atomic E-state index is 13.1. The van der Waals surface area contributed by atoms with Crippen molar-refractivity contribution in [3.63, 3.8) is 0 Å². The lowest BCUT2D eigenvalue weighted by Crippen LogP contribution is -2.32. The smallest absolute Gasteiger partial charge is 0.295 e. The summed E-state index contributed by atoms with van der Waals surface area (Å²) in [5.74, 6) is -0.506. The Morgan fingerprint density at radius 3 is 2.35 bits per heavy atom. The third-order valence-electron chi connectivity index (χ3n) is 5.38. The molecule has 1 saturated heterocycles. The molecule has 182 valence electrons. The second-order valence-corrected chi connectivity index (χ2v) is 7.81. The van der Waals surface area contributed by atoms with Gasteiger partial charge < -0.3 is 29.0 Å². The van der Waals surface area contributed by atoms with Crippen molar-refractivity contribution in [3.8, 4) is 17.2 Å². The molecule has 2 aromatic carbocycles. The summed E-state index contributed by atoms with van der Waals surface area (Å²) in [7, 11) is 3.01. The summed E-state index contributed by atoms with van der Waals surface area (Å²) in [6.45, 7) is 4.85. The topological polar surface area (TPSA) is 94.5 Å². The number of benzene rings is 2. The first-order chi connectivity index (χ1) is 16.4. The molecule has 1 amide bonds. The number of nitrogens with zero attached hydrogens (tertiary/aromatic N) is 1. The zero-order valence-corrected chi connectivity index (χ0v) is 20.3. The minimum Gasteiger partial charge on any atom is -0.507 e. The number of halogens is 1. The van der Waals surface area contributed by atoms with Crippen LogP contribution in [0.5, 0.6) is 17.2 Å². The van der Waals surface area contributed by atoms with Gasteiger partial charge in [-0.3, -0.25) is 9.59 Å². The first kappa shape index (κ1) is 25.4. The standard InChI is InChI=1S/C25H28ClNO7/c1-5-33-18-10-8-15(13-20(18)32-4)22-21(24(29)25(30)27(22)11-12-31-3)23(28)16-7-9-17(26)19(14-16)34-6-2/h7-10,13-14,22,28H,5-6,11-12H2,1-4H3/b23-21-. The Labute approximate surface area is 203 Å². The van der Waals surface area contributed by atoms with Crippen LogP contribution in [0.3, 0.4) is 0 Å². The maximum absolute atomic E-state index is 13.1. The molecule has 9 heteroatoms. The SMILES string of the molecule is CCOc1cc(/C(O)=C2/C(=O)C(=O)N(CCOC)C2c2ccc(OCC)c(OC)c2)ccc1Cl. The quantitative estimate of drug-likeness (QED) is 0.303. The molecular weight excluding hydrogens is 462 g/mol. The lowest BCUT2D eigenvalue weighted by molar-refractivity contribution is -0.140. The zero-order valence-electron chi connectivity index (χ0n) is 19.6. The molecule has 1 unspecified atom stereocenters. The lowest BCUT2D eigenvalue weighted by Gasteiger charge is -2.25. The summed E-state index contributed by atoms with van der Waals surface area (Å²) < 4.78 is 21.7. The van der Waals surface area contributed by atoms with Crippen molar-refractivity contribution >= 4 is 29.1 Å². The molecule has 34 heavy (non-hydrogen) atoms. The molecule has 1 heterocycles. The van der Waals surface area contributed by atoms with Crippen LogP contribution in [-0.4, -0.2) is 62.3 Å².